The van der Waals surface area contributed by atoms with E-state index in [0.29, 0.717) is 13.2 Å². The fourth-order valence-corrected chi connectivity index (χ4v) is 3.10. The number of hydrogen-bond acceptors (Lipinski definition) is 3. The van der Waals surface area contributed by atoms with E-state index in [-0.39, 0.29) is 0 Å². The summed E-state index contributed by atoms with van der Waals surface area (Å²) in [6, 6.07) is 6.68. The molecule has 0 saturated heterocycles. The van der Waals surface area contributed by atoms with Gasteiger partial charge < -0.3 is 4.74 Å². The van der Waals surface area contributed by atoms with Gasteiger partial charge in [-0.05, 0) is 55.7 Å². The van der Waals surface area contributed by atoms with Gasteiger partial charge >= 0.3 is 0 Å². The number of nitrogens with one attached hydrogen (secondary N) is 2. The highest BCUT2D eigenvalue weighted by atomic mass is 32.2. The van der Waals surface area contributed by atoms with Crippen LogP contribution < -0.4 is 15.0 Å². The molecule has 150 valence electrons. The van der Waals surface area contributed by atoms with Crippen molar-refractivity contribution in [1.29, 1.82) is 0 Å². The van der Waals surface area contributed by atoms with Crippen LogP contribution in [-0.2, 0) is 24.1 Å². The Morgan fingerprint density at radius 2 is 1.73 bits per heavy atom. The van der Waals surface area contributed by atoms with Gasteiger partial charge in [-0.1, -0.05) is 51.7 Å². The smallest absolute Gasteiger partial charge is 0.245 e. The standard InChI is InChI=1S/C20H36N2O3S/c1-3-5-7-11-18-13-14-20(19(17-18)12-8-6-4-2)25-16-10-9-15-21-22-26(23)24/h13-14,17,21-22H,3-12,15-16H2,1-2H3,(H,23,24). The molecule has 0 aromatic heterocycles. The summed E-state index contributed by atoms with van der Waals surface area (Å²) in [4.78, 5) is 2.26. The van der Waals surface area contributed by atoms with Crippen LogP contribution in [0.3, 0.4) is 0 Å². The van der Waals surface area contributed by atoms with Crippen LogP contribution >= 0.6 is 0 Å². The highest BCUT2D eigenvalue weighted by Gasteiger charge is 2.06. The molecule has 0 bridgehead atoms. The molecule has 0 aliphatic rings. The predicted octanol–water partition coefficient (Wildman–Crippen LogP) is 4.54. The van der Waals surface area contributed by atoms with Crippen LogP contribution in [-0.4, -0.2) is 21.9 Å². The van der Waals surface area contributed by atoms with Crippen molar-refractivity contribution in [2.75, 3.05) is 13.2 Å². The normalized spacial score (nSPS) is 12.3. The van der Waals surface area contributed by atoms with Gasteiger partial charge in [0, 0.05) is 6.54 Å². The van der Waals surface area contributed by atoms with Crippen LogP contribution in [0, 0.1) is 0 Å². The van der Waals surface area contributed by atoms with E-state index in [2.05, 4.69) is 42.3 Å². The van der Waals surface area contributed by atoms with Gasteiger partial charge in [-0.2, -0.15) is 4.83 Å². The van der Waals surface area contributed by atoms with Crippen molar-refractivity contribution in [3.05, 3.63) is 29.3 Å². The summed E-state index contributed by atoms with van der Waals surface area (Å²) in [7, 11) is 0. The molecule has 0 amide bonds. The Morgan fingerprint density at radius 1 is 1.00 bits per heavy atom. The van der Waals surface area contributed by atoms with Crippen LogP contribution in [0.2, 0.25) is 0 Å². The Labute approximate surface area is 161 Å². The second kappa shape index (κ2) is 15.1. The quantitative estimate of drug-likeness (QED) is 0.222. The zero-order valence-electron chi connectivity index (χ0n) is 16.4. The van der Waals surface area contributed by atoms with E-state index >= 15 is 0 Å². The van der Waals surface area contributed by atoms with Gasteiger partial charge in [0.2, 0.25) is 11.3 Å². The van der Waals surface area contributed by atoms with Crippen molar-refractivity contribution in [3.8, 4) is 5.75 Å². The second-order valence-electron chi connectivity index (χ2n) is 6.69. The predicted molar refractivity (Wildman–Crippen MR) is 110 cm³/mol. The molecule has 0 aliphatic heterocycles. The first-order chi connectivity index (χ1) is 12.7. The van der Waals surface area contributed by atoms with Crippen molar-refractivity contribution in [3.63, 3.8) is 0 Å². The SMILES string of the molecule is CCCCCc1ccc(OCCCCNNS(=O)O)c(CCCCC)c1. The molecule has 3 N–H and O–H groups in total. The Bertz CT molecular complexity index is 512. The first-order valence-electron chi connectivity index (χ1n) is 10.0. The van der Waals surface area contributed by atoms with E-state index in [1.165, 1.54) is 49.7 Å². The second-order valence-corrected chi connectivity index (χ2v) is 7.39. The van der Waals surface area contributed by atoms with Gasteiger partial charge in [-0.15, -0.1) is 0 Å². The molecule has 0 aliphatic carbocycles. The summed E-state index contributed by atoms with van der Waals surface area (Å²) in [5.74, 6) is 1.02. The summed E-state index contributed by atoms with van der Waals surface area (Å²) in [6.07, 6.45) is 11.5. The number of hydrazine groups is 1. The number of aryl methyl sites for hydroxylation is 2. The molecule has 1 aromatic rings. The number of ether oxygens (including phenoxy) is 1. The minimum Gasteiger partial charge on any atom is -0.493 e. The van der Waals surface area contributed by atoms with Crippen LogP contribution in [0.25, 0.3) is 0 Å². The van der Waals surface area contributed by atoms with Crippen molar-refractivity contribution in [2.45, 2.75) is 78.1 Å². The topological polar surface area (TPSA) is 70.6 Å². The third kappa shape index (κ3) is 10.9. The fourth-order valence-electron chi connectivity index (χ4n) is 2.88. The van der Waals surface area contributed by atoms with Gasteiger partial charge in [0.05, 0.1) is 6.61 Å². The van der Waals surface area contributed by atoms with Crippen LogP contribution in [0.5, 0.6) is 5.75 Å². The Hall–Kier alpha value is -0.950. The summed E-state index contributed by atoms with van der Waals surface area (Å²) < 4.78 is 25.0. The largest absolute Gasteiger partial charge is 0.493 e. The van der Waals surface area contributed by atoms with E-state index in [0.717, 1.165) is 31.4 Å². The molecule has 0 fully saturated rings. The number of rotatable bonds is 16. The van der Waals surface area contributed by atoms with Crippen LogP contribution in [0.4, 0.5) is 0 Å². The minimum absolute atomic E-state index is 0.634. The highest BCUT2D eigenvalue weighted by molar-refractivity contribution is 7.77. The molecule has 1 aromatic carbocycles. The minimum atomic E-state index is -2.01. The lowest BCUT2D eigenvalue weighted by atomic mass is 10.00. The van der Waals surface area contributed by atoms with Gasteiger partial charge in [-0.3, -0.25) is 4.55 Å². The number of benzene rings is 1. The Kier molecular flexibility index (Phi) is 13.4. The summed E-state index contributed by atoms with van der Waals surface area (Å²) in [5, 5.41) is 0. The van der Waals surface area contributed by atoms with Crippen LogP contribution in [0.15, 0.2) is 18.2 Å². The number of unbranched alkanes of at least 4 members (excludes halogenated alkanes) is 5. The average Bonchev–Trinajstić information content (AvgIpc) is 2.62. The maximum atomic E-state index is 10.4. The third-order valence-corrected chi connectivity index (χ3v) is 4.68. The average molecular weight is 385 g/mol. The van der Waals surface area contributed by atoms with Crippen molar-refractivity contribution in [1.82, 2.24) is 10.3 Å². The molecule has 26 heavy (non-hydrogen) atoms. The van der Waals surface area contributed by atoms with E-state index in [1.54, 1.807) is 0 Å². The molecule has 0 heterocycles. The molecule has 1 unspecified atom stereocenters. The Morgan fingerprint density at radius 3 is 2.42 bits per heavy atom. The molecular formula is C20H36N2O3S. The summed E-state index contributed by atoms with van der Waals surface area (Å²) in [5.41, 5.74) is 5.46. The monoisotopic (exact) mass is 384 g/mol. The molecule has 1 rings (SSSR count). The van der Waals surface area contributed by atoms with Crippen molar-refractivity contribution >= 4 is 11.3 Å². The lowest BCUT2D eigenvalue weighted by Gasteiger charge is -2.14. The molecule has 1 atom stereocenters. The molecule has 0 radical (unpaired) electrons. The lowest BCUT2D eigenvalue weighted by molar-refractivity contribution is 0.302. The lowest BCUT2D eigenvalue weighted by Crippen LogP contribution is -2.33. The first kappa shape index (κ1) is 23.1. The molecule has 5 nitrogen and oxygen atoms in total. The van der Waals surface area contributed by atoms with Crippen molar-refractivity contribution in [2.24, 2.45) is 0 Å². The van der Waals surface area contributed by atoms with E-state index < -0.39 is 11.3 Å². The van der Waals surface area contributed by atoms with Crippen molar-refractivity contribution < 1.29 is 13.5 Å². The van der Waals surface area contributed by atoms with Gasteiger partial charge in [-0.25, -0.2) is 9.63 Å². The zero-order valence-corrected chi connectivity index (χ0v) is 17.2. The van der Waals surface area contributed by atoms with E-state index in [4.69, 9.17) is 9.29 Å². The number of hydrogen-bond donors (Lipinski definition) is 3. The van der Waals surface area contributed by atoms with Gasteiger partial charge in [0.1, 0.15) is 5.75 Å². The van der Waals surface area contributed by atoms with Gasteiger partial charge in [0.15, 0.2) is 0 Å². The maximum Gasteiger partial charge on any atom is 0.245 e. The molecular weight excluding hydrogens is 348 g/mol. The van der Waals surface area contributed by atoms with E-state index in [1.807, 2.05) is 0 Å². The fraction of sp³-hybridized carbons (Fsp3) is 0.700. The molecule has 6 heteroatoms. The first-order valence-corrected chi connectivity index (χ1v) is 11.1. The van der Waals surface area contributed by atoms with E-state index in [9.17, 15) is 4.21 Å². The Balaban J connectivity index is 2.46. The van der Waals surface area contributed by atoms with Crippen LogP contribution in [0.1, 0.15) is 76.3 Å². The highest BCUT2D eigenvalue weighted by Crippen LogP contribution is 2.24. The summed E-state index contributed by atoms with van der Waals surface area (Å²) >= 11 is -2.01. The zero-order chi connectivity index (χ0) is 19.0. The van der Waals surface area contributed by atoms with Gasteiger partial charge in [0.25, 0.3) is 0 Å². The molecule has 0 spiro atoms. The third-order valence-electron chi connectivity index (χ3n) is 4.36. The molecule has 0 saturated carbocycles. The summed E-state index contributed by atoms with van der Waals surface area (Å²) in [6.45, 7) is 5.77. The maximum absolute atomic E-state index is 10.4.